The van der Waals surface area contributed by atoms with Crippen molar-refractivity contribution in [3.05, 3.63) is 24.6 Å². The number of carbonyl (C=O) groups is 3. The van der Waals surface area contributed by atoms with Crippen molar-refractivity contribution in [1.82, 2.24) is 16.0 Å². The van der Waals surface area contributed by atoms with E-state index in [1.807, 2.05) is 0 Å². The number of nitrogens with two attached hydrogens (primary N) is 2. The number of ether oxygens (including phenoxy) is 1. The molecule has 0 aromatic heterocycles. The van der Waals surface area contributed by atoms with Crippen LogP contribution in [0.1, 0.15) is 25.7 Å². The number of hydrogen-bond donors (Lipinski definition) is 6. The van der Waals surface area contributed by atoms with Crippen LogP contribution in [0.3, 0.4) is 0 Å². The number of carbonyl (C=O) groups excluding carboxylic acids is 2. The Bertz CT molecular complexity index is 574. The van der Waals surface area contributed by atoms with Crippen LogP contribution < -0.4 is 27.4 Å². The predicted octanol–water partition coefficient (Wildman–Crippen LogP) is -1.26. The number of nitrogens with one attached hydrogen (secondary N) is 3. The normalized spacial score (nSPS) is 19.3. The fraction of sp³-hybridized carbons (Fsp3) is 0.588. The molecule has 0 aromatic rings. The fourth-order valence-electron chi connectivity index (χ4n) is 2.46. The lowest BCUT2D eigenvalue weighted by atomic mass is 9.82. The zero-order valence-electron chi connectivity index (χ0n) is 15.3. The second kappa shape index (κ2) is 11.2. The minimum Gasteiger partial charge on any atom is -0.481 e. The van der Waals surface area contributed by atoms with Crippen LogP contribution in [0.4, 0.5) is 0 Å². The van der Waals surface area contributed by atoms with E-state index >= 15 is 0 Å². The maximum absolute atomic E-state index is 11.5. The molecule has 0 heterocycles. The minimum absolute atomic E-state index is 0.0117. The molecule has 0 aliphatic heterocycles. The van der Waals surface area contributed by atoms with Crippen LogP contribution in [0.15, 0.2) is 24.6 Å². The Morgan fingerprint density at radius 1 is 1.22 bits per heavy atom. The van der Waals surface area contributed by atoms with E-state index in [4.69, 9.17) is 21.3 Å². The highest BCUT2D eigenvalue weighted by atomic mass is 16.5. The quantitative estimate of drug-likeness (QED) is 0.202. The zero-order valence-corrected chi connectivity index (χ0v) is 15.3. The van der Waals surface area contributed by atoms with Crippen LogP contribution in [0.2, 0.25) is 0 Å². The fourth-order valence-corrected chi connectivity index (χ4v) is 2.46. The molecule has 0 aromatic carbocycles. The molecule has 0 saturated heterocycles. The van der Waals surface area contributed by atoms with Gasteiger partial charge in [-0.25, -0.2) is 0 Å². The monoisotopic (exact) mass is 383 g/mol. The molecule has 1 atom stereocenters. The molecule has 10 heteroatoms. The van der Waals surface area contributed by atoms with Crippen molar-refractivity contribution in [3.8, 4) is 0 Å². The number of carboxylic acid groups (broad SMARTS) is 1. The molecule has 0 bridgehead atoms. The number of amides is 2. The predicted molar refractivity (Wildman–Crippen MR) is 98.9 cm³/mol. The van der Waals surface area contributed by atoms with Gasteiger partial charge in [0.1, 0.15) is 6.73 Å². The summed E-state index contributed by atoms with van der Waals surface area (Å²) in [6, 6.07) is -0.554. The van der Waals surface area contributed by atoms with Gasteiger partial charge in [-0.2, -0.15) is 0 Å². The average molecular weight is 383 g/mol. The summed E-state index contributed by atoms with van der Waals surface area (Å²) >= 11 is 0. The number of hydrogen-bond acceptors (Lipinski definition) is 7. The van der Waals surface area contributed by atoms with E-state index in [2.05, 4.69) is 29.1 Å². The molecule has 10 nitrogen and oxygen atoms in total. The van der Waals surface area contributed by atoms with Gasteiger partial charge in [-0.3, -0.25) is 14.4 Å². The molecule has 1 saturated carbocycles. The summed E-state index contributed by atoms with van der Waals surface area (Å²) in [7, 11) is 0. The van der Waals surface area contributed by atoms with Gasteiger partial charge in [0.25, 0.3) is 0 Å². The maximum atomic E-state index is 11.5. The standard InChI is InChI=1S/C17H29N5O5/c1-10(21-9-27-13-5-12(6-13)17(19)26)8-20-11(2)14(3-4-16(24)25)22-15(23)7-18/h12-14,20-21H,1-9,18H2,(H2,19,26)(H,22,23)(H,24,25)/t12?,13?,14-/m0/s1. The zero-order chi connectivity index (χ0) is 20.4. The molecular weight excluding hydrogens is 354 g/mol. The lowest BCUT2D eigenvalue weighted by Gasteiger charge is -2.33. The maximum Gasteiger partial charge on any atom is 0.303 e. The van der Waals surface area contributed by atoms with Gasteiger partial charge in [-0.05, 0) is 19.3 Å². The van der Waals surface area contributed by atoms with Crippen LogP contribution in [0, 0.1) is 5.92 Å². The second-order valence-corrected chi connectivity index (χ2v) is 6.42. The molecule has 0 spiro atoms. The van der Waals surface area contributed by atoms with Gasteiger partial charge in [-0.1, -0.05) is 13.2 Å². The number of rotatable bonds is 14. The first kappa shape index (κ1) is 22.5. The van der Waals surface area contributed by atoms with Crippen LogP contribution in [0.25, 0.3) is 0 Å². The molecule has 8 N–H and O–H groups in total. The molecule has 0 radical (unpaired) electrons. The summed E-state index contributed by atoms with van der Waals surface area (Å²) in [6.45, 7) is 8.07. The number of primary amides is 1. The highest BCUT2D eigenvalue weighted by Gasteiger charge is 2.33. The summed E-state index contributed by atoms with van der Waals surface area (Å²) in [4.78, 5) is 33.2. The Kier molecular flexibility index (Phi) is 9.31. The summed E-state index contributed by atoms with van der Waals surface area (Å²) in [6.07, 6.45) is 1.35. The Morgan fingerprint density at radius 2 is 1.89 bits per heavy atom. The molecule has 1 aliphatic carbocycles. The van der Waals surface area contributed by atoms with Gasteiger partial charge < -0.3 is 37.3 Å². The first-order valence-corrected chi connectivity index (χ1v) is 8.69. The summed E-state index contributed by atoms with van der Waals surface area (Å²) in [5, 5.41) is 17.4. The van der Waals surface area contributed by atoms with Crippen molar-refractivity contribution in [1.29, 1.82) is 0 Å². The summed E-state index contributed by atoms with van der Waals surface area (Å²) in [5.74, 6) is -1.76. The molecule has 0 unspecified atom stereocenters. The Balaban J connectivity index is 2.28. The Morgan fingerprint density at radius 3 is 2.44 bits per heavy atom. The molecule has 2 amide bonds. The largest absolute Gasteiger partial charge is 0.481 e. The third-order valence-electron chi connectivity index (χ3n) is 4.26. The molecule has 1 rings (SSSR count). The first-order chi connectivity index (χ1) is 12.7. The van der Waals surface area contributed by atoms with E-state index in [0.29, 0.717) is 30.8 Å². The molecule has 152 valence electrons. The van der Waals surface area contributed by atoms with Crippen molar-refractivity contribution in [2.24, 2.45) is 17.4 Å². The van der Waals surface area contributed by atoms with Crippen molar-refractivity contribution in [3.63, 3.8) is 0 Å². The van der Waals surface area contributed by atoms with E-state index in [0.717, 1.165) is 0 Å². The van der Waals surface area contributed by atoms with E-state index in [1.165, 1.54) is 0 Å². The van der Waals surface area contributed by atoms with Crippen molar-refractivity contribution < 1.29 is 24.2 Å². The van der Waals surface area contributed by atoms with Gasteiger partial charge in [0, 0.05) is 23.7 Å². The third-order valence-corrected chi connectivity index (χ3v) is 4.26. The van der Waals surface area contributed by atoms with Crippen molar-refractivity contribution in [2.45, 2.75) is 37.8 Å². The molecular formula is C17H29N5O5. The lowest BCUT2D eigenvalue weighted by Crippen LogP contribution is -2.44. The van der Waals surface area contributed by atoms with Crippen LogP contribution in [-0.4, -0.2) is 54.9 Å². The van der Waals surface area contributed by atoms with E-state index in [1.54, 1.807) is 0 Å². The first-order valence-electron chi connectivity index (χ1n) is 8.69. The second-order valence-electron chi connectivity index (χ2n) is 6.42. The summed E-state index contributed by atoms with van der Waals surface area (Å²) < 4.78 is 5.55. The van der Waals surface area contributed by atoms with Crippen molar-refractivity contribution >= 4 is 17.8 Å². The van der Waals surface area contributed by atoms with Gasteiger partial charge in [0.05, 0.1) is 25.2 Å². The molecule has 27 heavy (non-hydrogen) atoms. The Hall–Kier alpha value is -2.59. The minimum atomic E-state index is -0.965. The molecule has 1 fully saturated rings. The number of aliphatic carboxylic acids is 1. The van der Waals surface area contributed by atoms with E-state index in [-0.39, 0.29) is 44.0 Å². The molecule has 1 aliphatic rings. The summed E-state index contributed by atoms with van der Waals surface area (Å²) in [5.41, 5.74) is 11.6. The van der Waals surface area contributed by atoms with Crippen molar-refractivity contribution in [2.75, 3.05) is 19.8 Å². The SMILES string of the molecule is C=C(CNC(=C)[C@H](CCC(=O)O)NC(=O)CN)NCOC1CC(C(N)=O)C1. The van der Waals surface area contributed by atoms with Gasteiger partial charge in [0.2, 0.25) is 11.8 Å². The van der Waals surface area contributed by atoms with Crippen LogP contribution >= 0.6 is 0 Å². The number of carboxylic acids is 1. The van der Waals surface area contributed by atoms with Crippen LogP contribution in [-0.2, 0) is 19.1 Å². The highest BCUT2D eigenvalue weighted by molar-refractivity contribution is 5.78. The van der Waals surface area contributed by atoms with Gasteiger partial charge >= 0.3 is 5.97 Å². The lowest BCUT2D eigenvalue weighted by molar-refractivity contribution is -0.137. The third kappa shape index (κ3) is 8.56. The van der Waals surface area contributed by atoms with E-state index < -0.39 is 17.9 Å². The Labute approximate surface area is 158 Å². The smallest absolute Gasteiger partial charge is 0.303 e. The topological polar surface area (TPSA) is 169 Å². The van der Waals surface area contributed by atoms with E-state index in [9.17, 15) is 14.4 Å². The van der Waals surface area contributed by atoms with Gasteiger partial charge in [0.15, 0.2) is 0 Å². The van der Waals surface area contributed by atoms with Gasteiger partial charge in [-0.15, -0.1) is 0 Å². The highest BCUT2D eigenvalue weighted by Crippen LogP contribution is 2.29. The van der Waals surface area contributed by atoms with Crippen LogP contribution in [0.5, 0.6) is 0 Å². The average Bonchev–Trinajstić information content (AvgIpc) is 2.57.